The summed E-state index contributed by atoms with van der Waals surface area (Å²) >= 11 is 0. The fourth-order valence-electron chi connectivity index (χ4n) is 3.23. The number of halogens is 1. The van der Waals surface area contributed by atoms with E-state index >= 15 is 0 Å². The Bertz CT molecular complexity index is 831. The Morgan fingerprint density at radius 3 is 3.04 bits per heavy atom. The number of furan rings is 1. The van der Waals surface area contributed by atoms with Gasteiger partial charge in [-0.25, -0.2) is 4.39 Å². The molecule has 1 aromatic carbocycles. The van der Waals surface area contributed by atoms with Gasteiger partial charge in [-0.15, -0.1) is 5.10 Å². The standard InChI is InChI=1S/C17H19FN4O2/c1-11-20-21-17(24-11)22-9-13(18)6-14(22)8-19-7-12-10-23-16-5-3-2-4-15(12)16/h2-5,10,13-14,19H,6-9H2,1H3/t13-,14-/m0/s1. The fourth-order valence-corrected chi connectivity index (χ4v) is 3.23. The molecule has 0 aliphatic carbocycles. The zero-order valence-electron chi connectivity index (χ0n) is 13.4. The van der Waals surface area contributed by atoms with Crippen LogP contribution in [0.2, 0.25) is 0 Å². The average Bonchev–Trinajstić information content (AvgIpc) is 3.27. The number of nitrogens with one attached hydrogen (secondary N) is 1. The highest BCUT2D eigenvalue weighted by Crippen LogP contribution is 2.26. The van der Waals surface area contributed by atoms with Crippen molar-refractivity contribution < 1.29 is 13.2 Å². The van der Waals surface area contributed by atoms with Crippen molar-refractivity contribution in [1.29, 1.82) is 0 Å². The number of alkyl halides is 1. The molecule has 3 heterocycles. The third-order valence-electron chi connectivity index (χ3n) is 4.38. The van der Waals surface area contributed by atoms with Crippen molar-refractivity contribution in [2.45, 2.75) is 32.1 Å². The van der Waals surface area contributed by atoms with E-state index in [0.29, 0.717) is 38.0 Å². The second kappa shape index (κ2) is 6.24. The Labute approximate surface area is 138 Å². The van der Waals surface area contributed by atoms with Crippen molar-refractivity contribution in [3.05, 3.63) is 42.0 Å². The molecule has 0 bridgehead atoms. The minimum absolute atomic E-state index is 0.00184. The lowest BCUT2D eigenvalue weighted by Gasteiger charge is -2.22. The molecule has 1 aliphatic heterocycles. The van der Waals surface area contributed by atoms with Gasteiger partial charge in [-0.1, -0.05) is 23.3 Å². The summed E-state index contributed by atoms with van der Waals surface area (Å²) in [5.74, 6) is 0.490. The van der Waals surface area contributed by atoms with Gasteiger partial charge in [-0.3, -0.25) is 0 Å². The van der Waals surface area contributed by atoms with Crippen molar-refractivity contribution in [3.63, 3.8) is 0 Å². The van der Waals surface area contributed by atoms with Crippen LogP contribution in [0, 0.1) is 6.92 Å². The summed E-state index contributed by atoms with van der Waals surface area (Å²) in [6.45, 7) is 3.34. The van der Waals surface area contributed by atoms with E-state index in [0.717, 1.165) is 16.5 Å². The zero-order valence-corrected chi connectivity index (χ0v) is 13.4. The Kier molecular flexibility index (Phi) is 3.93. The largest absolute Gasteiger partial charge is 0.464 e. The molecule has 0 spiro atoms. The van der Waals surface area contributed by atoms with Crippen molar-refractivity contribution >= 4 is 17.0 Å². The van der Waals surface area contributed by atoms with E-state index in [4.69, 9.17) is 8.83 Å². The fraction of sp³-hybridized carbons (Fsp3) is 0.412. The maximum absolute atomic E-state index is 13.9. The third-order valence-corrected chi connectivity index (χ3v) is 4.38. The van der Waals surface area contributed by atoms with Crippen LogP contribution in [-0.4, -0.2) is 35.5 Å². The predicted molar refractivity (Wildman–Crippen MR) is 87.6 cm³/mol. The van der Waals surface area contributed by atoms with E-state index in [2.05, 4.69) is 15.5 Å². The molecule has 1 saturated heterocycles. The SMILES string of the molecule is Cc1nnc(N2C[C@@H](F)C[C@H]2CNCc2coc3ccccc23)o1. The first-order valence-corrected chi connectivity index (χ1v) is 8.07. The summed E-state index contributed by atoms with van der Waals surface area (Å²) in [6.07, 6.45) is 1.35. The minimum Gasteiger partial charge on any atom is -0.464 e. The molecular formula is C17H19FN4O2. The van der Waals surface area contributed by atoms with Gasteiger partial charge in [0.05, 0.1) is 12.8 Å². The lowest BCUT2D eigenvalue weighted by atomic mass is 10.1. The van der Waals surface area contributed by atoms with E-state index in [1.807, 2.05) is 29.2 Å². The van der Waals surface area contributed by atoms with Crippen molar-refractivity contribution in [3.8, 4) is 0 Å². The van der Waals surface area contributed by atoms with E-state index in [-0.39, 0.29) is 6.04 Å². The molecular weight excluding hydrogens is 311 g/mol. The van der Waals surface area contributed by atoms with Crippen LogP contribution in [0.15, 0.2) is 39.4 Å². The molecule has 3 aromatic rings. The molecule has 1 N–H and O–H groups in total. The van der Waals surface area contributed by atoms with Crippen LogP contribution >= 0.6 is 0 Å². The highest BCUT2D eigenvalue weighted by atomic mass is 19.1. The highest BCUT2D eigenvalue weighted by Gasteiger charge is 2.34. The molecule has 6 nitrogen and oxygen atoms in total. The predicted octanol–water partition coefficient (Wildman–Crippen LogP) is 2.83. The van der Waals surface area contributed by atoms with E-state index in [9.17, 15) is 4.39 Å². The summed E-state index contributed by atoms with van der Waals surface area (Å²) < 4.78 is 24.8. The van der Waals surface area contributed by atoms with Gasteiger partial charge in [0.15, 0.2) is 0 Å². The smallest absolute Gasteiger partial charge is 0.318 e. The number of fused-ring (bicyclic) bond motifs is 1. The molecule has 0 saturated carbocycles. The molecule has 0 amide bonds. The van der Waals surface area contributed by atoms with Gasteiger partial charge in [0.2, 0.25) is 5.89 Å². The van der Waals surface area contributed by atoms with Gasteiger partial charge in [-0.2, -0.15) is 0 Å². The summed E-state index contributed by atoms with van der Waals surface area (Å²) in [5.41, 5.74) is 1.97. The number of benzene rings is 1. The van der Waals surface area contributed by atoms with Gasteiger partial charge in [0, 0.05) is 43.4 Å². The second-order valence-corrected chi connectivity index (χ2v) is 6.13. The van der Waals surface area contributed by atoms with Crippen LogP contribution in [-0.2, 0) is 6.54 Å². The Morgan fingerprint density at radius 1 is 1.33 bits per heavy atom. The third kappa shape index (κ3) is 2.87. The average molecular weight is 330 g/mol. The number of rotatable bonds is 5. The summed E-state index contributed by atoms with van der Waals surface area (Å²) in [4.78, 5) is 1.85. The first-order chi connectivity index (χ1) is 11.7. The topological polar surface area (TPSA) is 67.3 Å². The van der Waals surface area contributed by atoms with Crippen molar-refractivity contribution in [2.24, 2.45) is 0 Å². The number of hydrogen-bond acceptors (Lipinski definition) is 6. The molecule has 4 rings (SSSR count). The highest BCUT2D eigenvalue weighted by molar-refractivity contribution is 5.80. The summed E-state index contributed by atoms with van der Waals surface area (Å²) in [6, 6.07) is 8.32. The first kappa shape index (κ1) is 15.1. The lowest BCUT2D eigenvalue weighted by Crippen LogP contribution is -2.38. The summed E-state index contributed by atoms with van der Waals surface area (Å²) in [5, 5.41) is 12.3. The molecule has 2 aromatic heterocycles. The lowest BCUT2D eigenvalue weighted by molar-refractivity contribution is 0.354. The maximum atomic E-state index is 13.9. The number of nitrogens with zero attached hydrogens (tertiary/aromatic N) is 3. The number of para-hydroxylation sites is 1. The minimum atomic E-state index is -0.876. The van der Waals surface area contributed by atoms with Gasteiger partial charge < -0.3 is 19.1 Å². The normalized spacial score (nSPS) is 21.0. The summed E-state index contributed by atoms with van der Waals surface area (Å²) in [7, 11) is 0. The Balaban J connectivity index is 1.41. The monoisotopic (exact) mass is 330 g/mol. The number of aromatic nitrogens is 2. The van der Waals surface area contributed by atoms with Crippen molar-refractivity contribution in [2.75, 3.05) is 18.0 Å². The number of hydrogen-bond donors (Lipinski definition) is 1. The van der Waals surface area contributed by atoms with Gasteiger partial charge in [-0.05, 0) is 6.07 Å². The molecule has 0 unspecified atom stereocenters. The van der Waals surface area contributed by atoms with Crippen molar-refractivity contribution in [1.82, 2.24) is 15.5 Å². The van der Waals surface area contributed by atoms with Crippen LogP contribution in [0.1, 0.15) is 17.9 Å². The van der Waals surface area contributed by atoms with E-state index in [1.54, 1.807) is 13.2 Å². The molecule has 126 valence electrons. The van der Waals surface area contributed by atoms with Crippen LogP contribution < -0.4 is 10.2 Å². The first-order valence-electron chi connectivity index (χ1n) is 8.07. The molecule has 1 fully saturated rings. The molecule has 24 heavy (non-hydrogen) atoms. The maximum Gasteiger partial charge on any atom is 0.318 e. The van der Waals surface area contributed by atoms with Gasteiger partial charge >= 0.3 is 6.01 Å². The molecule has 2 atom stereocenters. The molecule has 7 heteroatoms. The van der Waals surface area contributed by atoms with Crippen LogP contribution in [0.5, 0.6) is 0 Å². The van der Waals surface area contributed by atoms with E-state index < -0.39 is 6.17 Å². The zero-order chi connectivity index (χ0) is 16.5. The molecule has 1 aliphatic rings. The quantitative estimate of drug-likeness (QED) is 0.776. The van der Waals surface area contributed by atoms with E-state index in [1.165, 1.54) is 0 Å². The van der Waals surface area contributed by atoms with Crippen LogP contribution in [0.3, 0.4) is 0 Å². The molecule has 0 radical (unpaired) electrons. The van der Waals surface area contributed by atoms with Crippen LogP contribution in [0.25, 0.3) is 11.0 Å². The Hall–Kier alpha value is -2.41. The Morgan fingerprint density at radius 2 is 2.21 bits per heavy atom. The van der Waals surface area contributed by atoms with Gasteiger partial charge in [0.25, 0.3) is 0 Å². The van der Waals surface area contributed by atoms with Crippen LogP contribution in [0.4, 0.5) is 10.4 Å². The second-order valence-electron chi connectivity index (χ2n) is 6.13. The number of aryl methyl sites for hydroxylation is 1. The van der Waals surface area contributed by atoms with Gasteiger partial charge in [0.1, 0.15) is 11.8 Å². The number of anilines is 1.